The predicted octanol–water partition coefficient (Wildman–Crippen LogP) is 2.07. The number of hydrogen-bond acceptors (Lipinski definition) is 2. The molecule has 0 radical (unpaired) electrons. The van der Waals surface area contributed by atoms with Crippen molar-refractivity contribution in [1.82, 2.24) is 10.2 Å². The molecular formula is C14H24N2O3. The molecule has 2 amide bonds. The highest BCUT2D eigenvalue weighted by Crippen LogP contribution is 2.44. The number of nitrogens with zero attached hydrogens (tertiary/aromatic N) is 1. The summed E-state index contributed by atoms with van der Waals surface area (Å²) in [5.74, 6) is 0.572. The van der Waals surface area contributed by atoms with Crippen molar-refractivity contribution >= 4 is 12.0 Å². The summed E-state index contributed by atoms with van der Waals surface area (Å²) < 4.78 is 0. The van der Waals surface area contributed by atoms with E-state index in [2.05, 4.69) is 5.32 Å². The molecule has 2 aliphatic carbocycles. The Labute approximate surface area is 114 Å². The number of fused-ring (bicyclic) bond motifs is 2. The zero-order valence-corrected chi connectivity index (χ0v) is 11.8. The second-order valence-electron chi connectivity index (χ2n) is 6.16. The van der Waals surface area contributed by atoms with E-state index < -0.39 is 5.97 Å². The molecule has 0 saturated heterocycles. The number of nitrogens with one attached hydrogen (secondary N) is 1. The number of aliphatic carboxylic acids is 1. The first-order chi connectivity index (χ1) is 8.97. The highest BCUT2D eigenvalue weighted by molar-refractivity contribution is 5.76. The third-order valence-corrected chi connectivity index (χ3v) is 4.50. The topological polar surface area (TPSA) is 69.6 Å². The maximum atomic E-state index is 12.3. The number of carbonyl (C=O) groups is 2. The molecule has 108 valence electrons. The van der Waals surface area contributed by atoms with Gasteiger partial charge in [-0.25, -0.2) is 4.79 Å². The maximum Gasteiger partial charge on any atom is 0.317 e. The second-order valence-corrected chi connectivity index (χ2v) is 6.16. The van der Waals surface area contributed by atoms with E-state index in [1.807, 2.05) is 13.8 Å². The standard InChI is InChI=1S/C14H24N2O3/c1-9(2)16(6-5-13(17)18)14(19)15-12-8-10-3-4-11(12)7-10/h9-12H,3-8H2,1-2H3,(H,15,19)(H,17,18). The average Bonchev–Trinajstić information content (AvgIpc) is 2.89. The Morgan fingerprint density at radius 2 is 2.05 bits per heavy atom. The van der Waals surface area contributed by atoms with E-state index in [-0.39, 0.29) is 25.0 Å². The smallest absolute Gasteiger partial charge is 0.317 e. The van der Waals surface area contributed by atoms with Crippen molar-refractivity contribution in [1.29, 1.82) is 0 Å². The number of hydrogen-bond donors (Lipinski definition) is 2. The molecule has 2 saturated carbocycles. The highest BCUT2D eigenvalue weighted by Gasteiger charge is 2.40. The summed E-state index contributed by atoms with van der Waals surface area (Å²) in [5, 5.41) is 11.8. The van der Waals surface area contributed by atoms with Crippen LogP contribution in [0.2, 0.25) is 0 Å². The molecule has 3 unspecified atom stereocenters. The molecule has 0 spiro atoms. The number of amides is 2. The van der Waals surface area contributed by atoms with E-state index in [0.29, 0.717) is 12.0 Å². The first-order valence-corrected chi connectivity index (χ1v) is 7.26. The SMILES string of the molecule is CC(C)N(CCC(=O)O)C(=O)NC1CC2CCC1C2. The van der Waals surface area contributed by atoms with Gasteiger partial charge in [0.2, 0.25) is 0 Å². The van der Waals surface area contributed by atoms with Crippen LogP contribution >= 0.6 is 0 Å². The van der Waals surface area contributed by atoms with Crippen molar-refractivity contribution < 1.29 is 14.7 Å². The largest absolute Gasteiger partial charge is 0.481 e. The van der Waals surface area contributed by atoms with Gasteiger partial charge in [0, 0.05) is 18.6 Å². The van der Waals surface area contributed by atoms with Crippen molar-refractivity contribution in [2.75, 3.05) is 6.54 Å². The van der Waals surface area contributed by atoms with Gasteiger partial charge in [0.25, 0.3) is 0 Å². The van der Waals surface area contributed by atoms with Crippen molar-refractivity contribution in [2.45, 2.75) is 58.0 Å². The van der Waals surface area contributed by atoms with E-state index in [1.165, 1.54) is 19.3 Å². The van der Waals surface area contributed by atoms with Crippen LogP contribution in [0.1, 0.15) is 46.0 Å². The van der Waals surface area contributed by atoms with Crippen LogP contribution in [-0.4, -0.2) is 40.6 Å². The fraction of sp³-hybridized carbons (Fsp3) is 0.857. The van der Waals surface area contributed by atoms with E-state index in [4.69, 9.17) is 5.11 Å². The maximum absolute atomic E-state index is 12.3. The van der Waals surface area contributed by atoms with Gasteiger partial charge in [-0.15, -0.1) is 0 Å². The average molecular weight is 268 g/mol. The second kappa shape index (κ2) is 5.80. The van der Waals surface area contributed by atoms with E-state index in [0.717, 1.165) is 12.3 Å². The van der Waals surface area contributed by atoms with Crippen molar-refractivity contribution in [3.63, 3.8) is 0 Å². The minimum Gasteiger partial charge on any atom is -0.481 e. The van der Waals surface area contributed by atoms with Gasteiger partial charge < -0.3 is 15.3 Å². The molecular weight excluding hydrogens is 244 g/mol. The van der Waals surface area contributed by atoms with Crippen LogP contribution in [0.4, 0.5) is 4.79 Å². The van der Waals surface area contributed by atoms with Crippen LogP contribution in [-0.2, 0) is 4.79 Å². The zero-order chi connectivity index (χ0) is 14.0. The van der Waals surface area contributed by atoms with Gasteiger partial charge in [0.15, 0.2) is 0 Å². The molecule has 5 heteroatoms. The predicted molar refractivity (Wildman–Crippen MR) is 71.9 cm³/mol. The molecule has 0 heterocycles. The van der Waals surface area contributed by atoms with Crippen LogP contribution in [0.5, 0.6) is 0 Å². The summed E-state index contributed by atoms with van der Waals surface area (Å²) >= 11 is 0. The molecule has 19 heavy (non-hydrogen) atoms. The summed E-state index contributed by atoms with van der Waals surface area (Å²) in [4.78, 5) is 24.5. The lowest BCUT2D eigenvalue weighted by Gasteiger charge is -2.30. The Hall–Kier alpha value is -1.26. The minimum atomic E-state index is -0.863. The van der Waals surface area contributed by atoms with Gasteiger partial charge >= 0.3 is 12.0 Å². The Balaban J connectivity index is 1.86. The lowest BCUT2D eigenvalue weighted by molar-refractivity contribution is -0.137. The number of rotatable bonds is 5. The monoisotopic (exact) mass is 268 g/mol. The fourth-order valence-corrected chi connectivity index (χ4v) is 3.47. The number of carboxylic acids is 1. The Bertz CT molecular complexity index is 357. The summed E-state index contributed by atoms with van der Waals surface area (Å²) in [6, 6.07) is 0.226. The zero-order valence-electron chi connectivity index (χ0n) is 11.8. The highest BCUT2D eigenvalue weighted by atomic mass is 16.4. The molecule has 2 rings (SSSR count). The summed E-state index contributed by atoms with van der Waals surface area (Å²) in [6.45, 7) is 4.12. The van der Waals surface area contributed by atoms with Crippen LogP contribution in [0.25, 0.3) is 0 Å². The molecule has 2 N–H and O–H groups in total. The van der Waals surface area contributed by atoms with Gasteiger partial charge in [-0.3, -0.25) is 4.79 Å². The molecule has 3 atom stereocenters. The van der Waals surface area contributed by atoms with Crippen molar-refractivity contribution in [3.8, 4) is 0 Å². The summed E-state index contributed by atoms with van der Waals surface area (Å²) in [5.41, 5.74) is 0. The van der Waals surface area contributed by atoms with Gasteiger partial charge in [0.05, 0.1) is 6.42 Å². The van der Waals surface area contributed by atoms with Gasteiger partial charge in [0.1, 0.15) is 0 Å². The van der Waals surface area contributed by atoms with Crippen LogP contribution < -0.4 is 5.32 Å². The van der Waals surface area contributed by atoms with E-state index in [1.54, 1.807) is 4.90 Å². The third kappa shape index (κ3) is 3.39. The van der Waals surface area contributed by atoms with E-state index >= 15 is 0 Å². The minimum absolute atomic E-state index is 0.00230. The molecule has 5 nitrogen and oxygen atoms in total. The van der Waals surface area contributed by atoms with Crippen molar-refractivity contribution in [3.05, 3.63) is 0 Å². The van der Waals surface area contributed by atoms with Crippen LogP contribution in [0.15, 0.2) is 0 Å². The Morgan fingerprint density at radius 1 is 1.32 bits per heavy atom. The van der Waals surface area contributed by atoms with Gasteiger partial charge in [-0.05, 0) is 44.9 Å². The van der Waals surface area contributed by atoms with Gasteiger partial charge in [-0.2, -0.15) is 0 Å². The van der Waals surface area contributed by atoms with Crippen molar-refractivity contribution in [2.24, 2.45) is 11.8 Å². The molecule has 0 aromatic heterocycles. The summed E-state index contributed by atoms with van der Waals surface area (Å²) in [7, 11) is 0. The number of carbonyl (C=O) groups excluding carboxylic acids is 1. The first kappa shape index (κ1) is 14.2. The quantitative estimate of drug-likeness (QED) is 0.802. The molecule has 2 fully saturated rings. The summed E-state index contributed by atoms with van der Waals surface area (Å²) in [6.07, 6.45) is 4.89. The Morgan fingerprint density at radius 3 is 2.53 bits per heavy atom. The molecule has 0 aromatic carbocycles. The number of urea groups is 1. The molecule has 2 aliphatic rings. The molecule has 0 aliphatic heterocycles. The molecule has 0 aromatic rings. The normalized spacial score (nSPS) is 28.7. The van der Waals surface area contributed by atoms with Gasteiger partial charge in [-0.1, -0.05) is 6.42 Å². The first-order valence-electron chi connectivity index (χ1n) is 7.26. The Kier molecular flexibility index (Phi) is 4.32. The van der Waals surface area contributed by atoms with Crippen LogP contribution in [0.3, 0.4) is 0 Å². The molecule has 2 bridgehead atoms. The van der Waals surface area contributed by atoms with E-state index in [9.17, 15) is 9.59 Å². The van der Waals surface area contributed by atoms with Crippen LogP contribution in [0, 0.1) is 11.8 Å². The lowest BCUT2D eigenvalue weighted by Crippen LogP contribution is -2.49. The lowest BCUT2D eigenvalue weighted by atomic mass is 9.95. The third-order valence-electron chi connectivity index (χ3n) is 4.50. The number of carboxylic acid groups (broad SMARTS) is 1. The fourth-order valence-electron chi connectivity index (χ4n) is 3.47.